The van der Waals surface area contributed by atoms with Crippen LogP contribution in [0.5, 0.6) is 0 Å². The van der Waals surface area contributed by atoms with E-state index >= 15 is 0 Å². The van der Waals surface area contributed by atoms with Gasteiger partial charge in [0.15, 0.2) is 10.8 Å². The number of hydrogen-bond donors (Lipinski definition) is 2. The number of nitrogens with two attached hydrogens (primary N) is 1. The standard InChI is InChI=1S/C15H13ClN6O/c1-22-8-10(7-18-22)9-2-3-11(17)13(6-9)19-15(23)12-4-5-14(16)21-20-12/h2-8H,17H2,1H3,(H,19,23). The molecule has 3 aromatic rings. The van der Waals surface area contributed by atoms with E-state index < -0.39 is 5.91 Å². The number of amides is 1. The Bertz CT molecular complexity index is 859. The van der Waals surface area contributed by atoms with Crippen molar-refractivity contribution < 1.29 is 4.79 Å². The van der Waals surface area contributed by atoms with Crippen molar-refractivity contribution in [2.24, 2.45) is 7.05 Å². The minimum Gasteiger partial charge on any atom is -0.397 e. The maximum atomic E-state index is 12.2. The molecule has 0 radical (unpaired) electrons. The summed E-state index contributed by atoms with van der Waals surface area (Å²) >= 11 is 5.66. The van der Waals surface area contributed by atoms with E-state index in [1.165, 1.54) is 12.1 Å². The number of carbonyl (C=O) groups is 1. The molecule has 3 rings (SSSR count). The molecule has 0 aliphatic carbocycles. The number of halogens is 1. The summed E-state index contributed by atoms with van der Waals surface area (Å²) in [6, 6.07) is 8.37. The van der Waals surface area contributed by atoms with E-state index in [-0.39, 0.29) is 10.8 Å². The lowest BCUT2D eigenvalue weighted by Crippen LogP contribution is -2.15. The molecule has 0 fully saturated rings. The molecular formula is C15H13ClN6O. The first-order valence-electron chi connectivity index (χ1n) is 6.72. The smallest absolute Gasteiger partial charge is 0.276 e. The maximum absolute atomic E-state index is 12.2. The minimum atomic E-state index is -0.413. The number of nitrogens with one attached hydrogen (secondary N) is 1. The fourth-order valence-corrected chi connectivity index (χ4v) is 2.14. The topological polar surface area (TPSA) is 98.7 Å². The fourth-order valence-electron chi connectivity index (χ4n) is 2.04. The number of aryl methyl sites for hydroxylation is 1. The molecule has 3 N–H and O–H groups in total. The molecule has 0 aliphatic heterocycles. The van der Waals surface area contributed by atoms with Crippen molar-refractivity contribution in [2.75, 3.05) is 11.1 Å². The molecular weight excluding hydrogens is 316 g/mol. The summed E-state index contributed by atoms with van der Waals surface area (Å²) in [6.07, 6.45) is 3.61. The molecule has 1 aromatic carbocycles. The first-order chi connectivity index (χ1) is 11.0. The zero-order valence-corrected chi connectivity index (χ0v) is 12.9. The molecule has 2 aromatic heterocycles. The molecule has 0 saturated carbocycles. The van der Waals surface area contributed by atoms with Gasteiger partial charge in [-0.3, -0.25) is 9.48 Å². The predicted molar refractivity (Wildman–Crippen MR) is 88.1 cm³/mol. The monoisotopic (exact) mass is 328 g/mol. The van der Waals surface area contributed by atoms with Gasteiger partial charge in [-0.2, -0.15) is 5.10 Å². The van der Waals surface area contributed by atoms with Crippen LogP contribution in [-0.2, 0) is 7.05 Å². The van der Waals surface area contributed by atoms with Crippen LogP contribution in [0.2, 0.25) is 5.15 Å². The molecule has 0 spiro atoms. The molecule has 0 aliphatic rings. The molecule has 2 heterocycles. The van der Waals surface area contributed by atoms with Crippen molar-refractivity contribution in [1.29, 1.82) is 0 Å². The Morgan fingerprint density at radius 1 is 1.22 bits per heavy atom. The van der Waals surface area contributed by atoms with Crippen LogP contribution in [0, 0.1) is 0 Å². The van der Waals surface area contributed by atoms with Gasteiger partial charge >= 0.3 is 0 Å². The van der Waals surface area contributed by atoms with Gasteiger partial charge in [-0.25, -0.2) is 0 Å². The van der Waals surface area contributed by atoms with Gasteiger partial charge in [-0.1, -0.05) is 17.7 Å². The third kappa shape index (κ3) is 3.29. The van der Waals surface area contributed by atoms with E-state index in [1.54, 1.807) is 23.0 Å². The summed E-state index contributed by atoms with van der Waals surface area (Å²) in [5.74, 6) is -0.413. The summed E-state index contributed by atoms with van der Waals surface area (Å²) in [4.78, 5) is 12.2. The van der Waals surface area contributed by atoms with Crippen LogP contribution < -0.4 is 11.1 Å². The Kier molecular flexibility index (Phi) is 3.94. The largest absolute Gasteiger partial charge is 0.397 e. The van der Waals surface area contributed by atoms with E-state index in [0.717, 1.165) is 11.1 Å². The van der Waals surface area contributed by atoms with Crippen molar-refractivity contribution in [3.63, 3.8) is 0 Å². The maximum Gasteiger partial charge on any atom is 0.276 e. The van der Waals surface area contributed by atoms with Crippen LogP contribution in [0.15, 0.2) is 42.7 Å². The number of carbonyl (C=O) groups excluding carboxylic acids is 1. The van der Waals surface area contributed by atoms with Crippen molar-refractivity contribution in [2.45, 2.75) is 0 Å². The second-order valence-electron chi connectivity index (χ2n) is 4.90. The highest BCUT2D eigenvalue weighted by Crippen LogP contribution is 2.27. The Hall–Kier alpha value is -2.93. The highest BCUT2D eigenvalue weighted by Gasteiger charge is 2.11. The normalized spacial score (nSPS) is 10.5. The molecule has 1 amide bonds. The number of anilines is 2. The highest BCUT2D eigenvalue weighted by molar-refractivity contribution is 6.29. The average Bonchev–Trinajstić information content (AvgIpc) is 2.96. The van der Waals surface area contributed by atoms with Gasteiger partial charge in [0, 0.05) is 18.8 Å². The molecule has 8 heteroatoms. The van der Waals surface area contributed by atoms with E-state index in [1.807, 2.05) is 19.3 Å². The lowest BCUT2D eigenvalue weighted by Gasteiger charge is -2.09. The van der Waals surface area contributed by atoms with E-state index in [0.29, 0.717) is 11.4 Å². The third-order valence-electron chi connectivity index (χ3n) is 3.20. The first kappa shape index (κ1) is 15.0. The van der Waals surface area contributed by atoms with Crippen LogP contribution >= 0.6 is 11.6 Å². The zero-order valence-electron chi connectivity index (χ0n) is 12.2. The Morgan fingerprint density at radius 3 is 2.70 bits per heavy atom. The number of hydrogen-bond acceptors (Lipinski definition) is 5. The van der Waals surface area contributed by atoms with Gasteiger partial charge in [0.05, 0.1) is 17.6 Å². The lowest BCUT2D eigenvalue weighted by molar-refractivity contribution is 0.102. The van der Waals surface area contributed by atoms with Gasteiger partial charge in [0.2, 0.25) is 0 Å². The highest BCUT2D eigenvalue weighted by atomic mass is 35.5. The van der Waals surface area contributed by atoms with Crippen LogP contribution in [-0.4, -0.2) is 25.9 Å². The fraction of sp³-hybridized carbons (Fsp3) is 0.0667. The number of nitrogens with zero attached hydrogens (tertiary/aromatic N) is 4. The van der Waals surface area contributed by atoms with Gasteiger partial charge in [-0.15, -0.1) is 10.2 Å². The third-order valence-corrected chi connectivity index (χ3v) is 3.41. The summed E-state index contributed by atoms with van der Waals surface area (Å²) in [5.41, 5.74) is 8.85. The second kappa shape index (κ2) is 6.05. The predicted octanol–water partition coefficient (Wildman–Crippen LogP) is 2.37. The number of rotatable bonds is 3. The Balaban J connectivity index is 1.87. The summed E-state index contributed by atoms with van der Waals surface area (Å²) in [5, 5.41) is 14.5. The summed E-state index contributed by atoms with van der Waals surface area (Å²) < 4.78 is 1.70. The number of benzene rings is 1. The van der Waals surface area contributed by atoms with Gasteiger partial charge in [-0.05, 0) is 29.8 Å². The second-order valence-corrected chi connectivity index (χ2v) is 5.29. The van der Waals surface area contributed by atoms with Crippen molar-refractivity contribution in [3.05, 3.63) is 53.6 Å². The molecule has 23 heavy (non-hydrogen) atoms. The molecule has 116 valence electrons. The molecule has 7 nitrogen and oxygen atoms in total. The molecule has 0 atom stereocenters. The van der Waals surface area contributed by atoms with Gasteiger partial charge < -0.3 is 11.1 Å². The number of nitrogen functional groups attached to an aromatic ring is 1. The number of aromatic nitrogens is 4. The summed E-state index contributed by atoms with van der Waals surface area (Å²) in [7, 11) is 1.84. The molecule has 0 saturated heterocycles. The molecule has 0 bridgehead atoms. The zero-order chi connectivity index (χ0) is 16.4. The van der Waals surface area contributed by atoms with Crippen LogP contribution in [0.3, 0.4) is 0 Å². The quantitative estimate of drug-likeness (QED) is 0.719. The minimum absolute atomic E-state index is 0.153. The van der Waals surface area contributed by atoms with E-state index in [9.17, 15) is 4.79 Å². The van der Waals surface area contributed by atoms with Crippen molar-refractivity contribution >= 4 is 28.9 Å². The van der Waals surface area contributed by atoms with Crippen LogP contribution in [0.4, 0.5) is 11.4 Å². The summed E-state index contributed by atoms with van der Waals surface area (Å²) in [6.45, 7) is 0. The first-order valence-corrected chi connectivity index (χ1v) is 7.10. The Morgan fingerprint density at radius 2 is 2.04 bits per heavy atom. The van der Waals surface area contributed by atoms with Crippen molar-refractivity contribution in [1.82, 2.24) is 20.0 Å². The Labute approximate surface area is 137 Å². The van der Waals surface area contributed by atoms with Crippen LogP contribution in [0.25, 0.3) is 11.1 Å². The van der Waals surface area contributed by atoms with E-state index in [4.69, 9.17) is 17.3 Å². The average molecular weight is 329 g/mol. The van der Waals surface area contributed by atoms with E-state index in [2.05, 4.69) is 20.6 Å². The SMILES string of the molecule is Cn1cc(-c2ccc(N)c(NC(=O)c3ccc(Cl)nn3)c2)cn1. The van der Waals surface area contributed by atoms with Crippen LogP contribution in [0.1, 0.15) is 10.5 Å². The van der Waals surface area contributed by atoms with Gasteiger partial charge in [0.25, 0.3) is 5.91 Å². The molecule has 0 unspecified atom stereocenters. The van der Waals surface area contributed by atoms with Crippen molar-refractivity contribution in [3.8, 4) is 11.1 Å². The van der Waals surface area contributed by atoms with Gasteiger partial charge in [0.1, 0.15) is 0 Å². The lowest BCUT2D eigenvalue weighted by atomic mass is 10.1.